The van der Waals surface area contributed by atoms with Crippen LogP contribution in [0.1, 0.15) is 303 Å². The highest BCUT2D eigenvalue weighted by Gasteiger charge is 2.17. The zero-order valence-electron chi connectivity index (χ0n) is 47.9. The van der Waals surface area contributed by atoms with Gasteiger partial charge in [0, 0.05) is 19.4 Å². The van der Waals surface area contributed by atoms with Crippen molar-refractivity contribution in [3.63, 3.8) is 0 Å². The predicted molar refractivity (Wildman–Crippen MR) is 316 cm³/mol. The number of hydrogen-bond donors (Lipinski definition) is 0. The summed E-state index contributed by atoms with van der Waals surface area (Å²) < 4.78 is 17.5. The molecule has 0 amide bonds. The second kappa shape index (κ2) is 62.4. The summed E-state index contributed by atoms with van der Waals surface area (Å²) in [6, 6.07) is 0. The van der Waals surface area contributed by atoms with Gasteiger partial charge in [-0.05, 0) is 96.3 Å². The minimum atomic E-state index is -0.558. The molecule has 1 atom stereocenters. The molecule has 0 aliphatic rings. The number of carbonyl (C=O) groups excluding carboxylic acids is 2. The number of carbonyl (C=O) groups is 2. The van der Waals surface area contributed by atoms with E-state index in [0.29, 0.717) is 19.4 Å². The van der Waals surface area contributed by atoms with Gasteiger partial charge in [-0.15, -0.1) is 0 Å². The normalized spacial score (nSPS) is 12.8. The molecule has 5 nitrogen and oxygen atoms in total. The Hall–Kier alpha value is -2.92. The second-order valence-electron chi connectivity index (χ2n) is 20.6. The Balaban J connectivity index is 4.33. The maximum atomic E-state index is 12.9. The van der Waals surface area contributed by atoms with Gasteiger partial charge in [-0.25, -0.2) is 0 Å². The van der Waals surface area contributed by atoms with Crippen LogP contribution < -0.4 is 0 Å². The van der Waals surface area contributed by atoms with Crippen molar-refractivity contribution in [2.75, 3.05) is 19.8 Å². The number of esters is 2. The van der Waals surface area contributed by atoms with Crippen molar-refractivity contribution in [3.8, 4) is 0 Å². The molecule has 0 aliphatic carbocycles. The molecule has 0 spiro atoms. The fraction of sp³-hybridized carbons (Fsp3) is 0.761. The zero-order chi connectivity index (χ0) is 52.0. The molecule has 0 aromatic rings. The Morgan fingerprint density at radius 2 is 0.625 bits per heavy atom. The molecule has 0 bridgehead atoms. The molecule has 0 aromatic heterocycles. The van der Waals surface area contributed by atoms with E-state index in [-0.39, 0.29) is 25.2 Å². The van der Waals surface area contributed by atoms with Crippen LogP contribution in [0.4, 0.5) is 0 Å². The summed E-state index contributed by atoms with van der Waals surface area (Å²) in [6.07, 6.45) is 83.3. The molecule has 0 saturated carbocycles. The van der Waals surface area contributed by atoms with Gasteiger partial charge in [-0.1, -0.05) is 279 Å². The lowest BCUT2D eigenvalue weighted by molar-refractivity contribution is -0.163. The van der Waals surface area contributed by atoms with Gasteiger partial charge in [0.1, 0.15) is 6.61 Å². The lowest BCUT2D eigenvalue weighted by Crippen LogP contribution is -2.30. The molecule has 0 saturated heterocycles. The lowest BCUT2D eigenvalue weighted by atomic mass is 10.0. The van der Waals surface area contributed by atoms with Crippen molar-refractivity contribution in [1.29, 1.82) is 0 Å². The highest BCUT2D eigenvalue weighted by Crippen LogP contribution is 2.16. The fourth-order valence-corrected chi connectivity index (χ4v) is 8.80. The minimum absolute atomic E-state index is 0.0643. The average Bonchev–Trinajstić information content (AvgIpc) is 3.38. The molecule has 0 aliphatic heterocycles. The molecule has 1 unspecified atom stereocenters. The summed E-state index contributed by atoms with van der Waals surface area (Å²) >= 11 is 0. The lowest BCUT2D eigenvalue weighted by Gasteiger charge is -2.18. The van der Waals surface area contributed by atoms with Crippen molar-refractivity contribution < 1.29 is 23.8 Å². The largest absolute Gasteiger partial charge is 0.462 e. The molecule has 72 heavy (non-hydrogen) atoms. The van der Waals surface area contributed by atoms with Crippen LogP contribution in [-0.4, -0.2) is 37.9 Å². The highest BCUT2D eigenvalue weighted by atomic mass is 16.6. The van der Waals surface area contributed by atoms with E-state index >= 15 is 0 Å². The first-order chi connectivity index (χ1) is 35.6. The van der Waals surface area contributed by atoms with Crippen LogP contribution in [0, 0.1) is 0 Å². The van der Waals surface area contributed by atoms with Crippen molar-refractivity contribution in [2.45, 2.75) is 309 Å². The standard InChI is InChI=1S/C67H118O5/c1-4-7-10-13-16-19-22-25-28-31-33-35-38-41-44-47-50-53-56-59-62-70-63-65(72-67(69)61-58-55-52-49-46-43-40-36-30-27-24-21-18-15-12-9-6-3)64-71-66(68)60-57-54-51-48-45-42-39-37-34-32-29-26-23-20-17-14-11-8-5-2/h8,11,17-18,20-21,26-27,29-30,34,37,42,45,65H,4-7,9-10,12-16,19,22-25,28,31-33,35-36,38-41,43-44,46-64H2,1-3H3/b11-8-,20-17-,21-18-,29-26-,30-27-,37-34-,45-42-. The van der Waals surface area contributed by atoms with Crippen LogP contribution in [0.2, 0.25) is 0 Å². The smallest absolute Gasteiger partial charge is 0.306 e. The van der Waals surface area contributed by atoms with Crippen LogP contribution in [0.5, 0.6) is 0 Å². The van der Waals surface area contributed by atoms with E-state index in [1.54, 1.807) is 0 Å². The number of hydrogen-bond acceptors (Lipinski definition) is 5. The summed E-state index contributed by atoms with van der Waals surface area (Å²) in [5.74, 6) is -0.433. The predicted octanol–water partition coefficient (Wildman–Crippen LogP) is 21.6. The Morgan fingerprint density at radius 3 is 1.04 bits per heavy atom. The van der Waals surface area contributed by atoms with Crippen molar-refractivity contribution in [3.05, 3.63) is 85.1 Å². The Labute approximate surface area is 448 Å². The molecular weight excluding hydrogens is 885 g/mol. The maximum Gasteiger partial charge on any atom is 0.306 e. The molecule has 0 radical (unpaired) electrons. The van der Waals surface area contributed by atoms with Gasteiger partial charge in [0.2, 0.25) is 0 Å². The molecule has 5 heteroatoms. The third kappa shape index (κ3) is 59.6. The molecular formula is C67H118O5. The SMILES string of the molecule is CC/C=C\C/C=C\C/C=C\C/C=C\C/C=C\CCCCCC(=O)OCC(COCCCCCCCCCCCCCCCCCCCCCC)OC(=O)CCCCCCCCC/C=C\C/C=C\CCCCC. The zero-order valence-corrected chi connectivity index (χ0v) is 47.9. The Morgan fingerprint density at radius 1 is 0.319 bits per heavy atom. The summed E-state index contributed by atoms with van der Waals surface area (Å²) in [5.41, 5.74) is 0. The van der Waals surface area contributed by atoms with Crippen LogP contribution in [0.25, 0.3) is 0 Å². The molecule has 416 valence electrons. The number of rotatable bonds is 57. The van der Waals surface area contributed by atoms with E-state index in [1.807, 2.05) is 0 Å². The Bertz CT molecular complexity index is 1320. The topological polar surface area (TPSA) is 61.8 Å². The van der Waals surface area contributed by atoms with E-state index in [1.165, 1.54) is 173 Å². The third-order valence-electron chi connectivity index (χ3n) is 13.4. The Kier molecular flexibility index (Phi) is 59.8. The highest BCUT2D eigenvalue weighted by molar-refractivity contribution is 5.70. The molecule has 0 aromatic carbocycles. The van der Waals surface area contributed by atoms with E-state index in [0.717, 1.165) is 96.3 Å². The van der Waals surface area contributed by atoms with Gasteiger partial charge in [-0.3, -0.25) is 9.59 Å². The monoisotopic (exact) mass is 1000 g/mol. The summed E-state index contributed by atoms with van der Waals surface area (Å²) in [7, 11) is 0. The van der Waals surface area contributed by atoms with Gasteiger partial charge < -0.3 is 14.2 Å². The maximum absolute atomic E-state index is 12.9. The molecule has 0 N–H and O–H groups in total. The van der Waals surface area contributed by atoms with E-state index in [9.17, 15) is 9.59 Å². The first kappa shape index (κ1) is 69.1. The van der Waals surface area contributed by atoms with Gasteiger partial charge in [-0.2, -0.15) is 0 Å². The van der Waals surface area contributed by atoms with Gasteiger partial charge >= 0.3 is 11.9 Å². The second-order valence-corrected chi connectivity index (χ2v) is 20.6. The first-order valence-corrected chi connectivity index (χ1v) is 31.1. The fourth-order valence-electron chi connectivity index (χ4n) is 8.80. The summed E-state index contributed by atoms with van der Waals surface area (Å²) in [5, 5.41) is 0. The van der Waals surface area contributed by atoms with E-state index in [4.69, 9.17) is 14.2 Å². The minimum Gasteiger partial charge on any atom is -0.462 e. The van der Waals surface area contributed by atoms with Crippen molar-refractivity contribution in [1.82, 2.24) is 0 Å². The molecule has 0 heterocycles. The third-order valence-corrected chi connectivity index (χ3v) is 13.4. The van der Waals surface area contributed by atoms with Crippen molar-refractivity contribution >= 4 is 11.9 Å². The summed E-state index contributed by atoms with van der Waals surface area (Å²) in [4.78, 5) is 25.6. The van der Waals surface area contributed by atoms with Crippen molar-refractivity contribution in [2.24, 2.45) is 0 Å². The van der Waals surface area contributed by atoms with Gasteiger partial charge in [0.15, 0.2) is 6.10 Å². The first-order valence-electron chi connectivity index (χ1n) is 31.1. The number of allylic oxidation sites excluding steroid dienone is 14. The van der Waals surface area contributed by atoms with E-state index < -0.39 is 6.10 Å². The van der Waals surface area contributed by atoms with Gasteiger partial charge in [0.25, 0.3) is 0 Å². The van der Waals surface area contributed by atoms with Gasteiger partial charge in [0.05, 0.1) is 6.61 Å². The van der Waals surface area contributed by atoms with Crippen LogP contribution in [-0.2, 0) is 23.8 Å². The number of ether oxygens (including phenoxy) is 3. The quantitative estimate of drug-likeness (QED) is 0.0345. The average molecular weight is 1000 g/mol. The van der Waals surface area contributed by atoms with Crippen LogP contribution in [0.3, 0.4) is 0 Å². The van der Waals surface area contributed by atoms with Crippen LogP contribution >= 0.6 is 0 Å². The molecule has 0 rings (SSSR count). The molecule has 0 fully saturated rings. The summed E-state index contributed by atoms with van der Waals surface area (Å²) in [6.45, 7) is 7.69. The van der Waals surface area contributed by atoms with E-state index in [2.05, 4.69) is 106 Å². The number of unbranched alkanes of at least 4 members (excludes halogenated alkanes) is 32. The van der Waals surface area contributed by atoms with Crippen LogP contribution in [0.15, 0.2) is 85.1 Å².